The van der Waals surface area contributed by atoms with Gasteiger partial charge in [-0.25, -0.2) is 4.79 Å². The van der Waals surface area contributed by atoms with Crippen molar-refractivity contribution in [3.05, 3.63) is 0 Å². The van der Waals surface area contributed by atoms with Gasteiger partial charge in [-0.05, 0) is 44.6 Å². The van der Waals surface area contributed by atoms with Gasteiger partial charge in [0.25, 0.3) is 0 Å². The van der Waals surface area contributed by atoms with Crippen molar-refractivity contribution in [2.24, 2.45) is 5.73 Å². The van der Waals surface area contributed by atoms with Gasteiger partial charge in [-0.3, -0.25) is 19.2 Å². The Labute approximate surface area is 179 Å². The van der Waals surface area contributed by atoms with Crippen molar-refractivity contribution in [3.8, 4) is 0 Å². The quantitative estimate of drug-likeness (QED) is 0.251. The largest absolute Gasteiger partial charge is 0.481 e. The molecule has 1 aliphatic heterocycles. The number of carbonyl (C=O) groups is 5. The predicted molar refractivity (Wildman–Crippen MR) is 110 cm³/mol. The first-order valence-electron chi connectivity index (χ1n) is 9.68. The van der Waals surface area contributed by atoms with Gasteiger partial charge in [-0.15, -0.1) is 0 Å². The molecule has 0 aliphatic carbocycles. The van der Waals surface area contributed by atoms with Gasteiger partial charge in [0.15, 0.2) is 0 Å². The lowest BCUT2D eigenvalue weighted by Crippen LogP contribution is -2.56. The van der Waals surface area contributed by atoms with Gasteiger partial charge in [-0.1, -0.05) is 0 Å². The summed E-state index contributed by atoms with van der Waals surface area (Å²) in [5.74, 6) is -3.57. The predicted octanol–water partition coefficient (Wildman–Crippen LogP) is -1.00. The van der Waals surface area contributed by atoms with Crippen LogP contribution in [0.4, 0.5) is 0 Å². The summed E-state index contributed by atoms with van der Waals surface area (Å²) in [4.78, 5) is 61.1. The first-order chi connectivity index (χ1) is 14.1. The van der Waals surface area contributed by atoms with Crippen LogP contribution in [0.25, 0.3) is 0 Å². The molecule has 0 aromatic carbocycles. The van der Waals surface area contributed by atoms with Gasteiger partial charge in [-0.2, -0.15) is 11.8 Å². The molecule has 6 N–H and O–H groups in total. The Bertz CT molecular complexity index is 658. The second-order valence-electron chi connectivity index (χ2n) is 7.15. The molecule has 0 saturated carbocycles. The highest BCUT2D eigenvalue weighted by molar-refractivity contribution is 7.98. The van der Waals surface area contributed by atoms with Gasteiger partial charge in [0.05, 0.1) is 6.04 Å². The molecule has 0 aromatic rings. The number of hydrogen-bond acceptors (Lipinski definition) is 7. The molecule has 1 saturated heterocycles. The topological polar surface area (TPSA) is 179 Å². The number of aliphatic carboxylic acids is 2. The summed E-state index contributed by atoms with van der Waals surface area (Å²) in [6.07, 6.45) is 2.45. The number of nitrogens with zero attached hydrogens (tertiary/aromatic N) is 1. The number of amides is 3. The summed E-state index contributed by atoms with van der Waals surface area (Å²) < 4.78 is 0. The number of nitrogens with two attached hydrogens (primary N) is 1. The summed E-state index contributed by atoms with van der Waals surface area (Å²) in [6.45, 7) is 1.93. The lowest BCUT2D eigenvalue weighted by molar-refractivity contribution is -0.144. The van der Waals surface area contributed by atoms with E-state index in [0.717, 1.165) is 0 Å². The first kappa shape index (κ1) is 25.7. The lowest BCUT2D eigenvalue weighted by atomic mass is 10.1. The number of hydrogen-bond donors (Lipinski definition) is 5. The van der Waals surface area contributed by atoms with E-state index in [1.54, 1.807) is 0 Å². The van der Waals surface area contributed by atoms with Crippen molar-refractivity contribution in [1.29, 1.82) is 0 Å². The van der Waals surface area contributed by atoms with Crippen LogP contribution < -0.4 is 16.4 Å². The number of rotatable bonds is 12. The summed E-state index contributed by atoms with van der Waals surface area (Å²) in [5.41, 5.74) is 5.64. The van der Waals surface area contributed by atoms with E-state index < -0.39 is 54.3 Å². The summed E-state index contributed by atoms with van der Waals surface area (Å²) in [5, 5.41) is 22.9. The van der Waals surface area contributed by atoms with Gasteiger partial charge in [0.1, 0.15) is 18.1 Å². The highest BCUT2D eigenvalue weighted by Gasteiger charge is 2.37. The number of carbonyl (C=O) groups excluding carboxylic acids is 3. The zero-order valence-corrected chi connectivity index (χ0v) is 17.9. The van der Waals surface area contributed by atoms with Gasteiger partial charge in [0.2, 0.25) is 17.7 Å². The van der Waals surface area contributed by atoms with Crippen LogP contribution >= 0.6 is 11.8 Å². The first-order valence-corrected chi connectivity index (χ1v) is 11.1. The van der Waals surface area contributed by atoms with Crippen LogP contribution in [0.5, 0.6) is 0 Å². The number of nitrogens with one attached hydrogen (secondary N) is 2. The van der Waals surface area contributed by atoms with Gasteiger partial charge in [0, 0.05) is 13.0 Å². The van der Waals surface area contributed by atoms with E-state index in [1.807, 2.05) is 6.26 Å². The number of likely N-dealkylation sites (tertiary alicyclic amines) is 1. The van der Waals surface area contributed by atoms with Crippen LogP contribution in [0.15, 0.2) is 0 Å². The lowest BCUT2D eigenvalue weighted by Gasteiger charge is -2.28. The van der Waals surface area contributed by atoms with Crippen LogP contribution in [0.2, 0.25) is 0 Å². The van der Waals surface area contributed by atoms with E-state index in [1.165, 1.54) is 23.6 Å². The SMILES string of the molecule is CSCCC(NC(=O)C1CCCN1C(=O)C(C)N)C(=O)NC(CCC(=O)O)C(=O)O. The van der Waals surface area contributed by atoms with Crippen molar-refractivity contribution in [3.63, 3.8) is 0 Å². The normalized spacial score (nSPS) is 18.9. The zero-order valence-electron chi connectivity index (χ0n) is 17.1. The van der Waals surface area contributed by atoms with E-state index in [4.69, 9.17) is 10.8 Å². The Morgan fingerprint density at radius 1 is 1.13 bits per heavy atom. The second kappa shape index (κ2) is 12.4. The fourth-order valence-corrected chi connectivity index (χ4v) is 3.61. The molecule has 0 radical (unpaired) electrons. The van der Waals surface area contributed by atoms with E-state index in [-0.39, 0.29) is 18.7 Å². The highest BCUT2D eigenvalue weighted by atomic mass is 32.2. The molecule has 3 amide bonds. The highest BCUT2D eigenvalue weighted by Crippen LogP contribution is 2.19. The van der Waals surface area contributed by atoms with Crippen LogP contribution in [0, 0.1) is 0 Å². The molecule has 1 rings (SSSR count). The molecule has 4 atom stereocenters. The average molecular weight is 447 g/mol. The van der Waals surface area contributed by atoms with Gasteiger partial charge >= 0.3 is 11.9 Å². The molecule has 0 aromatic heterocycles. The second-order valence-corrected chi connectivity index (χ2v) is 8.14. The monoisotopic (exact) mass is 446 g/mol. The molecule has 30 heavy (non-hydrogen) atoms. The summed E-state index contributed by atoms with van der Waals surface area (Å²) >= 11 is 1.45. The zero-order chi connectivity index (χ0) is 22.8. The Morgan fingerprint density at radius 3 is 2.33 bits per heavy atom. The van der Waals surface area contributed by atoms with Crippen LogP contribution in [0.3, 0.4) is 0 Å². The van der Waals surface area contributed by atoms with Crippen LogP contribution in [-0.4, -0.2) is 87.5 Å². The van der Waals surface area contributed by atoms with E-state index >= 15 is 0 Å². The minimum Gasteiger partial charge on any atom is -0.481 e. The number of thioether (sulfide) groups is 1. The number of carboxylic acids is 2. The molecule has 11 nitrogen and oxygen atoms in total. The minimum absolute atomic E-state index is 0.248. The summed E-state index contributed by atoms with van der Waals surface area (Å²) in [7, 11) is 0. The molecule has 1 aliphatic rings. The summed E-state index contributed by atoms with van der Waals surface area (Å²) in [6, 6.07) is -3.88. The molecular formula is C18H30N4O7S. The van der Waals surface area contributed by atoms with E-state index in [2.05, 4.69) is 10.6 Å². The van der Waals surface area contributed by atoms with Crippen molar-refractivity contribution < 1.29 is 34.2 Å². The fraction of sp³-hybridized carbons (Fsp3) is 0.722. The Morgan fingerprint density at radius 2 is 1.80 bits per heavy atom. The van der Waals surface area contributed by atoms with Crippen LogP contribution in [0.1, 0.15) is 39.0 Å². The van der Waals surface area contributed by atoms with Crippen molar-refractivity contribution in [1.82, 2.24) is 15.5 Å². The molecule has 4 unspecified atom stereocenters. The standard InChI is InChI=1S/C18H30N4O7S/c1-10(19)17(27)22-8-3-4-13(22)16(26)20-11(7-9-30-2)15(25)21-12(18(28)29)5-6-14(23)24/h10-13H,3-9,19H2,1-2H3,(H,20,26)(H,21,25)(H,23,24)(H,28,29). The molecule has 0 bridgehead atoms. The molecule has 0 spiro atoms. The van der Waals surface area contributed by atoms with Crippen molar-refractivity contribution >= 4 is 41.4 Å². The molecule has 1 heterocycles. The Kier molecular flexibility index (Phi) is 10.6. The van der Waals surface area contributed by atoms with Gasteiger partial charge < -0.3 is 31.5 Å². The van der Waals surface area contributed by atoms with Crippen LogP contribution in [-0.2, 0) is 24.0 Å². The third-order valence-corrected chi connectivity index (χ3v) is 5.38. The third-order valence-electron chi connectivity index (χ3n) is 4.73. The van der Waals surface area contributed by atoms with Crippen molar-refractivity contribution in [2.75, 3.05) is 18.6 Å². The van der Waals surface area contributed by atoms with E-state index in [0.29, 0.717) is 25.1 Å². The smallest absolute Gasteiger partial charge is 0.326 e. The molecular weight excluding hydrogens is 416 g/mol. The molecule has 1 fully saturated rings. The molecule has 170 valence electrons. The minimum atomic E-state index is -1.38. The molecule has 12 heteroatoms. The Hall–Kier alpha value is -2.34. The van der Waals surface area contributed by atoms with Crippen molar-refractivity contribution in [2.45, 2.75) is 63.2 Å². The maximum atomic E-state index is 12.8. The maximum absolute atomic E-state index is 12.8. The van der Waals surface area contributed by atoms with E-state index in [9.17, 15) is 29.1 Å². The fourth-order valence-electron chi connectivity index (χ4n) is 3.13. The number of carboxylic acid groups (broad SMARTS) is 2. The third kappa shape index (κ3) is 7.82. The Balaban J connectivity index is 2.85. The maximum Gasteiger partial charge on any atom is 0.326 e. The average Bonchev–Trinajstić information content (AvgIpc) is 3.16.